The van der Waals surface area contributed by atoms with Crippen LogP contribution >= 0.6 is 0 Å². The maximum atomic E-state index is 11.0. The van der Waals surface area contributed by atoms with E-state index in [1.54, 1.807) is 24.3 Å². The SMILES string of the molecule is N#CC1=CN(c2ccc(C(=O)O)cc2)CC1c1ccccc1OCCCCO. The van der Waals surface area contributed by atoms with Crippen LogP contribution in [0.1, 0.15) is 34.7 Å². The van der Waals surface area contributed by atoms with Crippen molar-refractivity contribution in [3.05, 3.63) is 71.4 Å². The fourth-order valence-corrected chi connectivity index (χ4v) is 3.25. The standard InChI is InChI=1S/C22H22N2O4/c23-13-17-14-24(18-9-7-16(8-10-18)22(26)27)15-20(17)19-5-1-2-6-21(19)28-12-4-3-11-25/h1-2,5-10,14,20,25H,3-4,11-12,15H2,(H,26,27). The number of benzene rings is 2. The molecule has 1 unspecified atom stereocenters. The number of aromatic carboxylic acids is 1. The first-order valence-corrected chi connectivity index (χ1v) is 9.18. The number of ether oxygens (including phenoxy) is 1. The van der Waals surface area contributed by atoms with E-state index in [9.17, 15) is 10.1 Å². The number of aliphatic hydroxyl groups excluding tert-OH is 1. The minimum atomic E-state index is -0.966. The number of carbonyl (C=O) groups is 1. The van der Waals surface area contributed by atoms with Crippen LogP contribution in [-0.2, 0) is 0 Å². The summed E-state index contributed by atoms with van der Waals surface area (Å²) in [7, 11) is 0. The van der Waals surface area contributed by atoms with E-state index in [2.05, 4.69) is 6.07 Å². The molecule has 1 aliphatic rings. The Bertz CT molecular complexity index is 899. The zero-order valence-electron chi connectivity index (χ0n) is 15.4. The van der Waals surface area contributed by atoms with Gasteiger partial charge < -0.3 is 19.8 Å². The number of nitrogens with zero attached hydrogens (tertiary/aromatic N) is 2. The van der Waals surface area contributed by atoms with Gasteiger partial charge in [-0.1, -0.05) is 18.2 Å². The third kappa shape index (κ3) is 4.33. The van der Waals surface area contributed by atoms with Gasteiger partial charge in [0, 0.05) is 36.5 Å². The van der Waals surface area contributed by atoms with E-state index in [0.29, 0.717) is 25.1 Å². The minimum absolute atomic E-state index is 0.127. The fraction of sp³-hybridized carbons (Fsp3) is 0.273. The molecule has 6 nitrogen and oxygen atoms in total. The van der Waals surface area contributed by atoms with E-state index in [1.807, 2.05) is 35.4 Å². The van der Waals surface area contributed by atoms with Crippen LogP contribution in [0.5, 0.6) is 5.75 Å². The van der Waals surface area contributed by atoms with Gasteiger partial charge in [-0.25, -0.2) is 4.79 Å². The lowest BCUT2D eigenvalue weighted by molar-refractivity contribution is 0.0697. The molecule has 0 fully saturated rings. The summed E-state index contributed by atoms with van der Waals surface area (Å²) < 4.78 is 5.90. The number of nitriles is 1. The molecule has 1 aliphatic heterocycles. The zero-order chi connectivity index (χ0) is 19.9. The Balaban J connectivity index is 1.80. The number of carboxylic acid groups (broad SMARTS) is 1. The molecule has 0 saturated heterocycles. The largest absolute Gasteiger partial charge is 0.493 e. The summed E-state index contributed by atoms with van der Waals surface area (Å²) in [6.07, 6.45) is 3.26. The van der Waals surface area contributed by atoms with Crippen molar-refractivity contribution in [2.75, 3.05) is 24.7 Å². The third-order valence-corrected chi connectivity index (χ3v) is 4.73. The van der Waals surface area contributed by atoms with Crippen LogP contribution in [-0.4, -0.2) is 35.9 Å². The van der Waals surface area contributed by atoms with Crippen LogP contribution < -0.4 is 9.64 Å². The molecule has 6 heteroatoms. The van der Waals surface area contributed by atoms with Crippen LogP contribution in [0.3, 0.4) is 0 Å². The highest BCUT2D eigenvalue weighted by Gasteiger charge is 2.29. The van der Waals surface area contributed by atoms with Gasteiger partial charge in [-0.15, -0.1) is 0 Å². The molecule has 3 rings (SSSR count). The van der Waals surface area contributed by atoms with Crippen LogP contribution in [0.4, 0.5) is 5.69 Å². The number of unbranched alkanes of at least 4 members (excludes halogenated alkanes) is 1. The smallest absolute Gasteiger partial charge is 0.335 e. The molecule has 0 radical (unpaired) electrons. The first-order valence-electron chi connectivity index (χ1n) is 9.18. The van der Waals surface area contributed by atoms with Crippen molar-refractivity contribution in [2.24, 2.45) is 0 Å². The number of aliphatic hydroxyl groups is 1. The summed E-state index contributed by atoms with van der Waals surface area (Å²) in [5.41, 5.74) is 2.64. The van der Waals surface area contributed by atoms with Crippen molar-refractivity contribution in [1.29, 1.82) is 5.26 Å². The number of carboxylic acids is 1. The van der Waals surface area contributed by atoms with E-state index >= 15 is 0 Å². The molecule has 0 bridgehead atoms. The summed E-state index contributed by atoms with van der Waals surface area (Å²) in [6.45, 7) is 1.23. The lowest BCUT2D eigenvalue weighted by atomic mass is 9.93. The molecule has 0 aromatic heterocycles. The van der Waals surface area contributed by atoms with Crippen molar-refractivity contribution < 1.29 is 19.7 Å². The lowest BCUT2D eigenvalue weighted by Gasteiger charge is -2.20. The average molecular weight is 378 g/mol. The summed E-state index contributed by atoms with van der Waals surface area (Å²) in [5, 5.41) is 27.6. The second-order valence-corrected chi connectivity index (χ2v) is 6.57. The quantitative estimate of drug-likeness (QED) is 0.683. The molecule has 0 amide bonds. The topological polar surface area (TPSA) is 93.8 Å². The van der Waals surface area contributed by atoms with Gasteiger partial charge in [0.05, 0.1) is 23.8 Å². The predicted molar refractivity (Wildman–Crippen MR) is 105 cm³/mol. The van der Waals surface area contributed by atoms with Crippen molar-refractivity contribution in [3.63, 3.8) is 0 Å². The Morgan fingerprint density at radius 1 is 1.18 bits per heavy atom. The summed E-state index contributed by atoms with van der Waals surface area (Å²) in [6, 6.07) is 16.6. The van der Waals surface area contributed by atoms with Gasteiger partial charge in [-0.2, -0.15) is 5.26 Å². The first-order chi connectivity index (χ1) is 13.6. The molecular weight excluding hydrogens is 356 g/mol. The second-order valence-electron chi connectivity index (χ2n) is 6.57. The Labute approximate surface area is 163 Å². The van der Waals surface area contributed by atoms with Gasteiger partial charge in [0.25, 0.3) is 0 Å². The van der Waals surface area contributed by atoms with E-state index in [1.165, 1.54) is 0 Å². The normalized spacial score (nSPS) is 15.8. The average Bonchev–Trinajstić information content (AvgIpc) is 3.16. The summed E-state index contributed by atoms with van der Waals surface area (Å²) in [4.78, 5) is 13.0. The van der Waals surface area contributed by atoms with Crippen LogP contribution in [0, 0.1) is 11.3 Å². The highest BCUT2D eigenvalue weighted by Crippen LogP contribution is 2.38. The summed E-state index contributed by atoms with van der Waals surface area (Å²) in [5.74, 6) is -0.348. The Morgan fingerprint density at radius 3 is 2.61 bits per heavy atom. The number of hydrogen-bond donors (Lipinski definition) is 2. The maximum Gasteiger partial charge on any atom is 0.335 e. The number of hydrogen-bond acceptors (Lipinski definition) is 5. The Morgan fingerprint density at radius 2 is 1.93 bits per heavy atom. The fourth-order valence-electron chi connectivity index (χ4n) is 3.25. The Kier molecular flexibility index (Phi) is 6.30. The molecule has 0 saturated carbocycles. The minimum Gasteiger partial charge on any atom is -0.493 e. The molecule has 0 aliphatic carbocycles. The molecule has 0 spiro atoms. The lowest BCUT2D eigenvalue weighted by Crippen LogP contribution is -2.17. The number of anilines is 1. The van der Waals surface area contributed by atoms with Gasteiger partial charge in [-0.05, 0) is 43.2 Å². The maximum absolute atomic E-state index is 11.0. The molecule has 144 valence electrons. The molecule has 2 aromatic rings. The van der Waals surface area contributed by atoms with Gasteiger partial charge >= 0.3 is 5.97 Å². The molecule has 28 heavy (non-hydrogen) atoms. The first kappa shape index (κ1) is 19.5. The molecular formula is C22H22N2O4. The van der Waals surface area contributed by atoms with Crippen molar-refractivity contribution in [3.8, 4) is 11.8 Å². The molecule has 2 aromatic carbocycles. The van der Waals surface area contributed by atoms with E-state index in [4.69, 9.17) is 14.9 Å². The number of rotatable bonds is 8. The monoisotopic (exact) mass is 378 g/mol. The highest BCUT2D eigenvalue weighted by atomic mass is 16.5. The van der Waals surface area contributed by atoms with Crippen LogP contribution in [0.25, 0.3) is 0 Å². The van der Waals surface area contributed by atoms with Crippen molar-refractivity contribution in [2.45, 2.75) is 18.8 Å². The van der Waals surface area contributed by atoms with E-state index < -0.39 is 5.97 Å². The molecule has 1 atom stereocenters. The number of para-hydroxylation sites is 1. The van der Waals surface area contributed by atoms with Crippen molar-refractivity contribution >= 4 is 11.7 Å². The molecule has 1 heterocycles. The highest BCUT2D eigenvalue weighted by molar-refractivity contribution is 5.88. The van der Waals surface area contributed by atoms with E-state index in [-0.39, 0.29) is 18.1 Å². The summed E-state index contributed by atoms with van der Waals surface area (Å²) >= 11 is 0. The van der Waals surface area contributed by atoms with Gasteiger partial charge in [0.1, 0.15) is 5.75 Å². The van der Waals surface area contributed by atoms with Crippen LogP contribution in [0.15, 0.2) is 60.3 Å². The van der Waals surface area contributed by atoms with Crippen molar-refractivity contribution in [1.82, 2.24) is 0 Å². The van der Waals surface area contributed by atoms with Gasteiger partial charge in [-0.3, -0.25) is 0 Å². The Hall–Kier alpha value is -3.30. The van der Waals surface area contributed by atoms with Gasteiger partial charge in [0.2, 0.25) is 0 Å². The third-order valence-electron chi connectivity index (χ3n) is 4.73. The van der Waals surface area contributed by atoms with Gasteiger partial charge in [0.15, 0.2) is 0 Å². The molecule has 2 N–H and O–H groups in total. The van der Waals surface area contributed by atoms with Crippen LogP contribution in [0.2, 0.25) is 0 Å². The zero-order valence-corrected chi connectivity index (χ0v) is 15.4. The second kappa shape index (κ2) is 9.07. The predicted octanol–water partition coefficient (Wildman–Crippen LogP) is 3.55. The van der Waals surface area contributed by atoms with E-state index in [0.717, 1.165) is 23.4 Å².